The van der Waals surface area contributed by atoms with E-state index >= 15 is 0 Å². The van der Waals surface area contributed by atoms with E-state index in [0.29, 0.717) is 5.56 Å². The highest BCUT2D eigenvalue weighted by Crippen LogP contribution is 2.20. The van der Waals surface area contributed by atoms with Gasteiger partial charge in [0, 0.05) is 6.42 Å². The molecule has 1 aromatic carbocycles. The van der Waals surface area contributed by atoms with Gasteiger partial charge in [0.2, 0.25) is 5.91 Å². The Morgan fingerprint density at radius 1 is 1.17 bits per heavy atom. The van der Waals surface area contributed by atoms with Gasteiger partial charge in [-0.25, -0.2) is 4.79 Å². The molecule has 0 saturated carbocycles. The molecule has 1 aromatic rings. The zero-order valence-electron chi connectivity index (χ0n) is 13.2. The maximum absolute atomic E-state index is 12.3. The Bertz CT molecular complexity index is 725. The van der Waals surface area contributed by atoms with Crippen molar-refractivity contribution in [2.45, 2.75) is 26.3 Å². The second kappa shape index (κ2) is 7.54. The lowest BCUT2D eigenvalue weighted by Gasteiger charge is -2.24. The van der Waals surface area contributed by atoms with Crippen LogP contribution in [-0.4, -0.2) is 47.5 Å². The molecule has 0 heterocycles. The largest absolute Gasteiger partial charge is 0.480 e. The third kappa shape index (κ3) is 5.74. The molecule has 0 aliphatic carbocycles. The first-order valence-electron chi connectivity index (χ1n) is 6.99. The van der Waals surface area contributed by atoms with Gasteiger partial charge < -0.3 is 10.4 Å². The van der Waals surface area contributed by atoms with Crippen LogP contribution in [0.1, 0.15) is 19.4 Å². The van der Waals surface area contributed by atoms with E-state index in [2.05, 4.69) is 0 Å². The van der Waals surface area contributed by atoms with Crippen molar-refractivity contribution in [1.82, 2.24) is 5.32 Å². The molecular formula is C15H19NO7S. The number of aliphatic carboxylic acids is 1. The summed E-state index contributed by atoms with van der Waals surface area (Å²) in [5, 5.41) is 10.9. The summed E-state index contributed by atoms with van der Waals surface area (Å²) in [4.78, 5) is 35.6. The number of carboxylic acid groups (broad SMARTS) is 1. The second-order valence-corrected chi connectivity index (χ2v) is 7.32. The molecule has 0 aliphatic heterocycles. The fraction of sp³-hybridized carbons (Fsp3) is 0.400. The average Bonchev–Trinajstić information content (AvgIpc) is 2.45. The van der Waals surface area contributed by atoms with Crippen LogP contribution in [0.3, 0.4) is 0 Å². The maximum Gasteiger partial charge on any atom is 0.327 e. The minimum Gasteiger partial charge on any atom is -0.480 e. The lowest BCUT2D eigenvalue weighted by Crippen LogP contribution is -2.52. The lowest BCUT2D eigenvalue weighted by atomic mass is 9.83. The van der Waals surface area contributed by atoms with E-state index in [1.165, 1.54) is 13.8 Å². The number of hydrogen-bond donors (Lipinski definition) is 3. The number of benzene rings is 1. The van der Waals surface area contributed by atoms with Crippen molar-refractivity contribution in [3.05, 3.63) is 35.9 Å². The summed E-state index contributed by atoms with van der Waals surface area (Å²) in [5.41, 5.74) is -0.876. The predicted molar refractivity (Wildman–Crippen MR) is 84.9 cm³/mol. The van der Waals surface area contributed by atoms with Crippen LogP contribution >= 0.6 is 0 Å². The smallest absolute Gasteiger partial charge is 0.327 e. The molecule has 1 amide bonds. The fourth-order valence-corrected chi connectivity index (χ4v) is 2.50. The van der Waals surface area contributed by atoms with Crippen molar-refractivity contribution in [3.63, 3.8) is 0 Å². The van der Waals surface area contributed by atoms with E-state index in [1.807, 2.05) is 5.32 Å². The van der Waals surface area contributed by atoms with Gasteiger partial charge in [-0.3, -0.25) is 14.1 Å². The van der Waals surface area contributed by atoms with Crippen molar-refractivity contribution >= 4 is 27.8 Å². The summed E-state index contributed by atoms with van der Waals surface area (Å²) in [6.07, 6.45) is -0.0305. The first kappa shape index (κ1) is 19.8. The second-order valence-electron chi connectivity index (χ2n) is 5.82. The highest BCUT2D eigenvalue weighted by Gasteiger charge is 2.38. The Balaban J connectivity index is 2.86. The van der Waals surface area contributed by atoms with E-state index in [-0.39, 0.29) is 6.42 Å². The van der Waals surface area contributed by atoms with E-state index < -0.39 is 45.0 Å². The minimum absolute atomic E-state index is 0.0305. The molecule has 0 radical (unpaired) electrons. The Labute approximate surface area is 139 Å². The Hall–Kier alpha value is -2.26. The van der Waals surface area contributed by atoms with Gasteiger partial charge in [-0.1, -0.05) is 30.3 Å². The monoisotopic (exact) mass is 357 g/mol. The van der Waals surface area contributed by atoms with Crippen LogP contribution in [-0.2, 0) is 30.9 Å². The first-order valence-corrected chi connectivity index (χ1v) is 8.60. The number of nitrogens with one attached hydrogen (secondary N) is 1. The van der Waals surface area contributed by atoms with E-state index in [0.717, 1.165) is 0 Å². The third-order valence-corrected chi connectivity index (χ3v) is 4.21. The quantitative estimate of drug-likeness (QED) is 0.449. The van der Waals surface area contributed by atoms with Gasteiger partial charge in [0.05, 0.1) is 0 Å². The van der Waals surface area contributed by atoms with Crippen LogP contribution in [0.4, 0.5) is 0 Å². The number of ketones is 1. The molecule has 0 spiro atoms. The van der Waals surface area contributed by atoms with Crippen LogP contribution in [0, 0.1) is 5.41 Å². The number of carbonyl (C=O) groups is 3. The summed E-state index contributed by atoms with van der Waals surface area (Å²) in [6, 6.07) is 6.83. The van der Waals surface area contributed by atoms with E-state index in [4.69, 9.17) is 9.66 Å². The molecule has 132 valence electrons. The summed E-state index contributed by atoms with van der Waals surface area (Å²) in [6.45, 7) is 2.64. The van der Waals surface area contributed by atoms with Gasteiger partial charge in [0.25, 0.3) is 10.1 Å². The fourth-order valence-electron chi connectivity index (χ4n) is 1.85. The van der Waals surface area contributed by atoms with Crippen molar-refractivity contribution < 1.29 is 32.5 Å². The molecule has 9 heteroatoms. The average molecular weight is 357 g/mol. The molecule has 0 saturated heterocycles. The van der Waals surface area contributed by atoms with Crippen molar-refractivity contribution in [2.75, 3.05) is 5.75 Å². The molecule has 24 heavy (non-hydrogen) atoms. The SMILES string of the molecule is CC(C)(C(=O)Cc1ccccc1)C(=O)NC(CS(=O)(=O)O)C(=O)O. The summed E-state index contributed by atoms with van der Waals surface area (Å²) >= 11 is 0. The number of amides is 1. The van der Waals surface area contributed by atoms with Crippen LogP contribution in [0.5, 0.6) is 0 Å². The Morgan fingerprint density at radius 2 is 1.71 bits per heavy atom. The van der Waals surface area contributed by atoms with Crippen molar-refractivity contribution in [2.24, 2.45) is 5.41 Å². The standard InChI is InChI=1S/C15H19NO7S/c1-15(2,12(17)8-10-6-4-3-5-7-10)14(20)16-11(13(18)19)9-24(21,22)23/h3-7,11H,8-9H2,1-2H3,(H,16,20)(H,18,19)(H,21,22,23). The maximum atomic E-state index is 12.3. The Kier molecular flexibility index (Phi) is 6.22. The molecule has 1 unspecified atom stereocenters. The van der Waals surface area contributed by atoms with E-state index in [1.54, 1.807) is 30.3 Å². The van der Waals surface area contributed by atoms with Crippen LogP contribution in [0.25, 0.3) is 0 Å². The van der Waals surface area contributed by atoms with Gasteiger partial charge in [-0.15, -0.1) is 0 Å². The summed E-state index contributed by atoms with van der Waals surface area (Å²) < 4.78 is 30.4. The van der Waals surface area contributed by atoms with Gasteiger partial charge in [-0.05, 0) is 19.4 Å². The van der Waals surface area contributed by atoms with Crippen LogP contribution in [0.15, 0.2) is 30.3 Å². The molecule has 1 rings (SSSR count). The van der Waals surface area contributed by atoms with Gasteiger partial charge in [0.1, 0.15) is 17.2 Å². The molecule has 1 atom stereocenters. The molecule has 8 nitrogen and oxygen atoms in total. The summed E-state index contributed by atoms with van der Waals surface area (Å²) in [5.74, 6) is -4.20. The molecule has 0 aromatic heterocycles. The van der Waals surface area contributed by atoms with Crippen LogP contribution < -0.4 is 5.32 Å². The van der Waals surface area contributed by atoms with Crippen molar-refractivity contribution in [3.8, 4) is 0 Å². The number of rotatable bonds is 8. The Morgan fingerprint density at radius 3 is 2.17 bits per heavy atom. The highest BCUT2D eigenvalue weighted by atomic mass is 32.2. The predicted octanol–water partition coefficient (Wildman–Crippen LogP) is 0.282. The molecule has 0 bridgehead atoms. The highest BCUT2D eigenvalue weighted by molar-refractivity contribution is 7.85. The van der Waals surface area contributed by atoms with Crippen LogP contribution in [0.2, 0.25) is 0 Å². The zero-order chi connectivity index (χ0) is 18.5. The third-order valence-electron chi connectivity index (χ3n) is 3.45. The number of Topliss-reactive ketones (excluding diaryl/α,β-unsaturated/α-hetero) is 1. The summed E-state index contributed by atoms with van der Waals surface area (Å²) in [7, 11) is -4.61. The molecule has 0 fully saturated rings. The normalized spacial score (nSPS) is 13.1. The lowest BCUT2D eigenvalue weighted by molar-refractivity contribution is -0.146. The van der Waals surface area contributed by atoms with Gasteiger partial charge in [0.15, 0.2) is 5.78 Å². The minimum atomic E-state index is -4.61. The van der Waals surface area contributed by atoms with Gasteiger partial charge >= 0.3 is 5.97 Å². The zero-order valence-corrected chi connectivity index (χ0v) is 14.0. The number of carboxylic acids is 1. The molecular weight excluding hydrogens is 338 g/mol. The topological polar surface area (TPSA) is 138 Å². The number of hydrogen-bond acceptors (Lipinski definition) is 5. The van der Waals surface area contributed by atoms with Crippen molar-refractivity contribution in [1.29, 1.82) is 0 Å². The van der Waals surface area contributed by atoms with Gasteiger partial charge in [-0.2, -0.15) is 8.42 Å². The number of carbonyl (C=O) groups excluding carboxylic acids is 2. The van der Waals surface area contributed by atoms with E-state index in [9.17, 15) is 22.8 Å². The molecule has 0 aliphatic rings. The first-order chi connectivity index (χ1) is 10.9. The molecule has 3 N–H and O–H groups in total.